The van der Waals surface area contributed by atoms with E-state index in [2.05, 4.69) is 21.2 Å². The van der Waals surface area contributed by atoms with Gasteiger partial charge in [0.1, 0.15) is 6.61 Å². The molecular formula is C17H15BrClNO4. The predicted octanol–water partition coefficient (Wildman–Crippen LogP) is 4.54. The summed E-state index contributed by atoms with van der Waals surface area (Å²) >= 11 is 9.30. The summed E-state index contributed by atoms with van der Waals surface area (Å²) in [4.78, 5) is 23.0. The Hall–Kier alpha value is -2.05. The van der Waals surface area contributed by atoms with Crippen molar-refractivity contribution in [2.24, 2.45) is 0 Å². The van der Waals surface area contributed by atoms with Crippen LogP contribution in [-0.4, -0.2) is 17.2 Å². The van der Waals surface area contributed by atoms with Crippen molar-refractivity contribution in [2.75, 3.05) is 0 Å². The minimum Gasteiger partial charge on any atom is -0.481 e. The summed E-state index contributed by atoms with van der Waals surface area (Å²) in [5.74, 6) is -1.04. The average Bonchev–Trinajstić information content (AvgIpc) is 2.55. The number of carbonyl (C=O) groups excluding carboxylic acids is 1. The van der Waals surface area contributed by atoms with E-state index in [1.54, 1.807) is 18.2 Å². The van der Waals surface area contributed by atoms with Crippen LogP contribution >= 0.6 is 27.5 Å². The molecule has 0 aliphatic carbocycles. The maximum absolute atomic E-state index is 12.0. The Bertz CT molecular complexity index is 724. The molecule has 0 aliphatic rings. The molecule has 0 radical (unpaired) electrons. The lowest BCUT2D eigenvalue weighted by Gasteiger charge is -2.18. The monoisotopic (exact) mass is 411 g/mol. The van der Waals surface area contributed by atoms with Gasteiger partial charge in [-0.2, -0.15) is 0 Å². The van der Waals surface area contributed by atoms with Crippen LogP contribution < -0.4 is 5.32 Å². The lowest BCUT2D eigenvalue weighted by molar-refractivity contribution is -0.137. The molecule has 2 aromatic rings. The van der Waals surface area contributed by atoms with E-state index in [0.717, 1.165) is 5.56 Å². The SMILES string of the molecule is O=C(O)C[C@H](NC(=O)OCc1ccccc1)c1ccc(Br)c(Cl)c1. The van der Waals surface area contributed by atoms with Gasteiger partial charge in [0.05, 0.1) is 17.5 Å². The van der Waals surface area contributed by atoms with Gasteiger partial charge >= 0.3 is 12.1 Å². The van der Waals surface area contributed by atoms with Gasteiger partial charge in [0, 0.05) is 4.47 Å². The smallest absolute Gasteiger partial charge is 0.407 e. The topological polar surface area (TPSA) is 75.6 Å². The standard InChI is InChI=1S/C17H15BrClNO4/c18-13-7-6-12(8-14(13)19)15(9-16(21)22)20-17(23)24-10-11-4-2-1-3-5-11/h1-8,15H,9-10H2,(H,20,23)(H,21,22)/t15-/m0/s1. The first kappa shape index (κ1) is 18.3. The fraction of sp³-hybridized carbons (Fsp3) is 0.176. The highest BCUT2D eigenvalue weighted by molar-refractivity contribution is 9.10. The Morgan fingerprint density at radius 2 is 1.92 bits per heavy atom. The van der Waals surface area contributed by atoms with E-state index in [4.69, 9.17) is 21.4 Å². The fourth-order valence-electron chi connectivity index (χ4n) is 2.06. The van der Waals surface area contributed by atoms with Crippen molar-refractivity contribution >= 4 is 39.6 Å². The number of amides is 1. The third kappa shape index (κ3) is 5.54. The van der Waals surface area contributed by atoms with Gasteiger partial charge in [-0.25, -0.2) is 4.79 Å². The molecule has 0 heterocycles. The van der Waals surface area contributed by atoms with Crippen molar-refractivity contribution in [3.8, 4) is 0 Å². The average molecular weight is 413 g/mol. The quantitative estimate of drug-likeness (QED) is 0.730. The van der Waals surface area contributed by atoms with E-state index in [1.165, 1.54) is 0 Å². The molecule has 0 unspecified atom stereocenters. The molecule has 0 aliphatic heterocycles. The number of carboxylic acid groups (broad SMARTS) is 1. The van der Waals surface area contributed by atoms with E-state index in [9.17, 15) is 9.59 Å². The molecule has 0 aromatic heterocycles. The molecule has 2 rings (SSSR count). The Kier molecular flexibility index (Phi) is 6.63. The first-order valence-corrected chi connectivity index (χ1v) is 8.27. The number of hydrogen-bond acceptors (Lipinski definition) is 3. The molecule has 126 valence electrons. The number of benzene rings is 2. The van der Waals surface area contributed by atoms with Crippen LogP contribution in [0.15, 0.2) is 53.0 Å². The van der Waals surface area contributed by atoms with Gasteiger partial charge in [-0.1, -0.05) is 48.0 Å². The number of alkyl carbamates (subject to hydrolysis) is 1. The van der Waals surface area contributed by atoms with Crippen LogP contribution in [0.4, 0.5) is 4.79 Å². The molecule has 1 atom stereocenters. The highest BCUT2D eigenvalue weighted by Gasteiger charge is 2.19. The van der Waals surface area contributed by atoms with Gasteiger partial charge in [-0.3, -0.25) is 4.79 Å². The van der Waals surface area contributed by atoms with Crippen LogP contribution in [0.3, 0.4) is 0 Å². The number of carbonyl (C=O) groups is 2. The Morgan fingerprint density at radius 3 is 2.54 bits per heavy atom. The number of carboxylic acids is 1. The van der Waals surface area contributed by atoms with Crippen molar-refractivity contribution in [3.05, 3.63) is 69.2 Å². The molecule has 0 saturated carbocycles. The molecule has 0 fully saturated rings. The molecule has 24 heavy (non-hydrogen) atoms. The normalized spacial score (nSPS) is 11.6. The van der Waals surface area contributed by atoms with Crippen LogP contribution in [0.2, 0.25) is 5.02 Å². The second-order valence-corrected chi connectivity index (χ2v) is 6.29. The van der Waals surface area contributed by atoms with Crippen LogP contribution in [-0.2, 0) is 16.1 Å². The van der Waals surface area contributed by atoms with Gasteiger partial charge in [-0.15, -0.1) is 0 Å². The van der Waals surface area contributed by atoms with Crippen LogP contribution in [0.1, 0.15) is 23.6 Å². The van der Waals surface area contributed by atoms with E-state index in [1.807, 2.05) is 30.3 Å². The van der Waals surface area contributed by atoms with E-state index in [-0.39, 0.29) is 13.0 Å². The van der Waals surface area contributed by atoms with Crippen molar-refractivity contribution in [1.82, 2.24) is 5.32 Å². The van der Waals surface area contributed by atoms with Crippen molar-refractivity contribution in [1.29, 1.82) is 0 Å². The van der Waals surface area contributed by atoms with Crippen molar-refractivity contribution in [3.63, 3.8) is 0 Å². The molecule has 7 heteroatoms. The minimum absolute atomic E-state index is 0.105. The third-order valence-corrected chi connectivity index (χ3v) is 4.46. The summed E-state index contributed by atoms with van der Waals surface area (Å²) in [5, 5.41) is 12.1. The first-order valence-electron chi connectivity index (χ1n) is 7.09. The number of rotatable bonds is 6. The Labute approximate surface area is 152 Å². The highest BCUT2D eigenvalue weighted by Crippen LogP contribution is 2.27. The summed E-state index contributed by atoms with van der Waals surface area (Å²) in [6, 6.07) is 13.5. The molecule has 0 saturated heterocycles. The fourth-order valence-corrected chi connectivity index (χ4v) is 2.50. The van der Waals surface area contributed by atoms with Gasteiger partial charge in [0.2, 0.25) is 0 Å². The largest absolute Gasteiger partial charge is 0.481 e. The minimum atomic E-state index is -1.04. The molecule has 0 bridgehead atoms. The second-order valence-electron chi connectivity index (χ2n) is 5.03. The number of nitrogens with one attached hydrogen (secondary N) is 1. The zero-order valence-electron chi connectivity index (χ0n) is 12.5. The molecule has 2 aromatic carbocycles. The Morgan fingerprint density at radius 1 is 1.21 bits per heavy atom. The van der Waals surface area contributed by atoms with Crippen molar-refractivity contribution < 1.29 is 19.4 Å². The summed E-state index contributed by atoms with van der Waals surface area (Å²) in [7, 11) is 0. The maximum Gasteiger partial charge on any atom is 0.407 e. The molecule has 5 nitrogen and oxygen atoms in total. The summed E-state index contributed by atoms with van der Waals surface area (Å²) in [5.41, 5.74) is 1.43. The molecule has 2 N–H and O–H groups in total. The molecule has 1 amide bonds. The van der Waals surface area contributed by atoms with E-state index in [0.29, 0.717) is 15.1 Å². The van der Waals surface area contributed by atoms with Gasteiger partial charge in [0.25, 0.3) is 0 Å². The van der Waals surface area contributed by atoms with E-state index >= 15 is 0 Å². The maximum atomic E-state index is 12.0. The van der Waals surface area contributed by atoms with Gasteiger partial charge in [-0.05, 0) is 39.2 Å². The lowest BCUT2D eigenvalue weighted by Crippen LogP contribution is -2.30. The second kappa shape index (κ2) is 8.70. The zero-order valence-corrected chi connectivity index (χ0v) is 14.9. The number of hydrogen-bond donors (Lipinski definition) is 2. The molecular weight excluding hydrogens is 398 g/mol. The summed E-state index contributed by atoms with van der Waals surface area (Å²) < 4.78 is 5.82. The van der Waals surface area contributed by atoms with Gasteiger partial charge in [0.15, 0.2) is 0 Å². The highest BCUT2D eigenvalue weighted by atomic mass is 79.9. The molecule has 0 spiro atoms. The first-order chi connectivity index (χ1) is 11.5. The number of ether oxygens (including phenoxy) is 1. The van der Waals surface area contributed by atoms with Crippen molar-refractivity contribution in [2.45, 2.75) is 19.1 Å². The number of halogens is 2. The summed E-state index contributed by atoms with van der Waals surface area (Å²) in [6.45, 7) is 0.105. The summed E-state index contributed by atoms with van der Waals surface area (Å²) in [6.07, 6.45) is -0.970. The zero-order chi connectivity index (χ0) is 17.5. The van der Waals surface area contributed by atoms with Crippen LogP contribution in [0.25, 0.3) is 0 Å². The van der Waals surface area contributed by atoms with Gasteiger partial charge < -0.3 is 15.2 Å². The predicted molar refractivity (Wildman–Crippen MR) is 93.9 cm³/mol. The van der Waals surface area contributed by atoms with E-state index < -0.39 is 18.1 Å². The van der Waals surface area contributed by atoms with Crippen LogP contribution in [0.5, 0.6) is 0 Å². The number of aliphatic carboxylic acids is 1. The third-order valence-electron chi connectivity index (χ3n) is 3.23. The Balaban J connectivity index is 2.03. The van der Waals surface area contributed by atoms with Crippen LogP contribution in [0, 0.1) is 0 Å². The lowest BCUT2D eigenvalue weighted by atomic mass is 10.0.